The van der Waals surface area contributed by atoms with Crippen molar-refractivity contribution < 1.29 is 9.59 Å². The lowest BCUT2D eigenvalue weighted by Crippen LogP contribution is -2.42. The highest BCUT2D eigenvalue weighted by molar-refractivity contribution is 5.98. The molecule has 0 aromatic carbocycles. The van der Waals surface area contributed by atoms with Gasteiger partial charge < -0.3 is 16.0 Å². The number of carbonyl (C=O) groups is 2. The molecule has 1 saturated heterocycles. The number of carbonyl (C=O) groups excluding carboxylic acids is 2. The number of anilines is 1. The van der Waals surface area contributed by atoms with Crippen molar-refractivity contribution in [3.63, 3.8) is 0 Å². The number of hydrogen-bond acceptors (Lipinski definition) is 4. The second-order valence-electron chi connectivity index (χ2n) is 4.38. The zero-order chi connectivity index (χ0) is 13.1. The second-order valence-corrected chi connectivity index (χ2v) is 4.38. The summed E-state index contributed by atoms with van der Waals surface area (Å²) in [5, 5.41) is 8.91. The van der Waals surface area contributed by atoms with Crippen molar-refractivity contribution in [2.24, 2.45) is 5.92 Å². The Kier molecular flexibility index (Phi) is 3.50. The molecule has 0 atom stereocenters. The van der Waals surface area contributed by atoms with Crippen molar-refractivity contribution >= 4 is 17.6 Å². The Hall–Kier alpha value is -2.05. The predicted octanol–water partition coefficient (Wildman–Crippen LogP) is -0.410. The van der Waals surface area contributed by atoms with E-state index in [1.165, 1.54) is 6.20 Å². The molecule has 0 radical (unpaired) electrons. The normalized spacial score (nSPS) is 16.6. The maximum absolute atomic E-state index is 12.1. The average molecular weight is 251 g/mol. The summed E-state index contributed by atoms with van der Waals surface area (Å²) in [6.07, 6.45) is 2.80. The van der Waals surface area contributed by atoms with Gasteiger partial charge >= 0.3 is 0 Å². The number of nitrogens with two attached hydrogens (primary N) is 1. The van der Waals surface area contributed by atoms with Crippen LogP contribution in [0.25, 0.3) is 0 Å². The van der Waals surface area contributed by atoms with E-state index in [0.29, 0.717) is 31.5 Å². The summed E-state index contributed by atoms with van der Waals surface area (Å²) in [7, 11) is 1.63. The second kappa shape index (κ2) is 5.07. The minimum Gasteiger partial charge on any atom is -0.383 e. The lowest BCUT2D eigenvalue weighted by atomic mass is 9.95. The molecule has 0 spiro atoms. The first-order valence-electron chi connectivity index (χ1n) is 5.93. The van der Waals surface area contributed by atoms with Gasteiger partial charge in [0.05, 0.1) is 6.20 Å². The molecule has 98 valence electrons. The van der Waals surface area contributed by atoms with Crippen molar-refractivity contribution in [1.82, 2.24) is 20.4 Å². The molecule has 4 N–H and O–H groups in total. The van der Waals surface area contributed by atoms with Crippen molar-refractivity contribution in [3.8, 4) is 0 Å². The average Bonchev–Trinajstić information content (AvgIpc) is 2.83. The fourth-order valence-electron chi connectivity index (χ4n) is 2.19. The molecule has 2 rings (SSSR count). The van der Waals surface area contributed by atoms with Gasteiger partial charge in [-0.1, -0.05) is 0 Å². The van der Waals surface area contributed by atoms with Crippen LogP contribution < -0.4 is 11.1 Å². The first-order valence-corrected chi connectivity index (χ1v) is 5.93. The molecule has 1 aliphatic rings. The number of H-pyrrole nitrogens is 1. The number of piperidine rings is 1. The fourth-order valence-corrected chi connectivity index (χ4v) is 2.19. The zero-order valence-corrected chi connectivity index (χ0v) is 10.3. The SMILES string of the molecule is CNC(=O)C1CCN(C(=O)c2cn[nH]c2N)CC1. The van der Waals surface area contributed by atoms with Gasteiger partial charge in [0.15, 0.2) is 0 Å². The van der Waals surface area contributed by atoms with E-state index in [1.807, 2.05) is 0 Å². The van der Waals surface area contributed by atoms with Crippen LogP contribution in [0.3, 0.4) is 0 Å². The molecule has 7 heteroatoms. The summed E-state index contributed by atoms with van der Waals surface area (Å²) in [5.41, 5.74) is 6.01. The summed E-state index contributed by atoms with van der Waals surface area (Å²) in [5.74, 6) is 0.204. The lowest BCUT2D eigenvalue weighted by Gasteiger charge is -2.30. The number of likely N-dealkylation sites (tertiary alicyclic amines) is 1. The van der Waals surface area contributed by atoms with Gasteiger partial charge in [-0.3, -0.25) is 14.7 Å². The Balaban J connectivity index is 1.96. The number of aromatic amines is 1. The number of rotatable bonds is 2. The minimum absolute atomic E-state index is 0.000691. The largest absolute Gasteiger partial charge is 0.383 e. The van der Waals surface area contributed by atoms with E-state index >= 15 is 0 Å². The molecule has 1 aliphatic heterocycles. The molecule has 0 saturated carbocycles. The highest BCUT2D eigenvalue weighted by Gasteiger charge is 2.28. The number of aromatic nitrogens is 2. The van der Waals surface area contributed by atoms with E-state index in [-0.39, 0.29) is 23.6 Å². The van der Waals surface area contributed by atoms with Crippen LogP contribution in [0.15, 0.2) is 6.20 Å². The molecule has 1 aromatic rings. The summed E-state index contributed by atoms with van der Waals surface area (Å²) < 4.78 is 0. The molecule has 18 heavy (non-hydrogen) atoms. The molecule has 0 unspecified atom stereocenters. The molecule has 7 nitrogen and oxygen atoms in total. The van der Waals surface area contributed by atoms with Crippen LogP contribution in [-0.4, -0.2) is 47.0 Å². The third-order valence-electron chi connectivity index (χ3n) is 3.30. The zero-order valence-electron chi connectivity index (χ0n) is 10.3. The predicted molar refractivity (Wildman–Crippen MR) is 65.7 cm³/mol. The van der Waals surface area contributed by atoms with E-state index in [4.69, 9.17) is 5.73 Å². The van der Waals surface area contributed by atoms with Crippen molar-refractivity contribution in [2.45, 2.75) is 12.8 Å². The molecular weight excluding hydrogens is 234 g/mol. The van der Waals surface area contributed by atoms with Crippen LogP contribution in [0.5, 0.6) is 0 Å². The Bertz CT molecular complexity index is 448. The van der Waals surface area contributed by atoms with Gasteiger partial charge in [0, 0.05) is 26.1 Å². The van der Waals surface area contributed by atoms with Gasteiger partial charge in [0.1, 0.15) is 11.4 Å². The number of nitrogens with zero attached hydrogens (tertiary/aromatic N) is 2. The summed E-state index contributed by atoms with van der Waals surface area (Å²) in [6, 6.07) is 0. The third-order valence-corrected chi connectivity index (χ3v) is 3.30. The van der Waals surface area contributed by atoms with E-state index in [1.54, 1.807) is 11.9 Å². The van der Waals surface area contributed by atoms with Crippen molar-refractivity contribution in [3.05, 3.63) is 11.8 Å². The first kappa shape index (κ1) is 12.4. The van der Waals surface area contributed by atoms with Gasteiger partial charge in [-0.05, 0) is 12.8 Å². The van der Waals surface area contributed by atoms with Gasteiger partial charge in [0.25, 0.3) is 5.91 Å². The number of nitrogens with one attached hydrogen (secondary N) is 2. The quantitative estimate of drug-likeness (QED) is 0.664. The molecule has 0 bridgehead atoms. The Labute approximate surface area is 105 Å². The molecule has 2 heterocycles. The standard InChI is InChI=1S/C11H17N5O2/c1-13-10(17)7-2-4-16(5-3-7)11(18)8-6-14-15-9(8)12/h6-7H,2-5H2,1H3,(H,13,17)(H3,12,14,15). The maximum atomic E-state index is 12.1. The van der Waals surface area contributed by atoms with E-state index < -0.39 is 0 Å². The van der Waals surface area contributed by atoms with Gasteiger partial charge in [0.2, 0.25) is 5.91 Å². The third kappa shape index (κ3) is 2.29. The smallest absolute Gasteiger partial charge is 0.259 e. The number of nitrogen functional groups attached to an aromatic ring is 1. The summed E-state index contributed by atoms with van der Waals surface area (Å²) in [4.78, 5) is 25.3. The monoisotopic (exact) mass is 251 g/mol. The molecular formula is C11H17N5O2. The van der Waals surface area contributed by atoms with E-state index in [2.05, 4.69) is 15.5 Å². The maximum Gasteiger partial charge on any atom is 0.259 e. The molecule has 1 aromatic heterocycles. The summed E-state index contributed by atoms with van der Waals surface area (Å²) in [6.45, 7) is 1.14. The molecule has 1 fully saturated rings. The Morgan fingerprint density at radius 1 is 1.50 bits per heavy atom. The lowest BCUT2D eigenvalue weighted by molar-refractivity contribution is -0.125. The van der Waals surface area contributed by atoms with Crippen LogP contribution in [-0.2, 0) is 4.79 Å². The number of amides is 2. The van der Waals surface area contributed by atoms with Gasteiger partial charge in [-0.25, -0.2) is 0 Å². The highest BCUT2D eigenvalue weighted by atomic mass is 16.2. The highest BCUT2D eigenvalue weighted by Crippen LogP contribution is 2.20. The first-order chi connectivity index (χ1) is 8.63. The van der Waals surface area contributed by atoms with Gasteiger partial charge in [-0.2, -0.15) is 5.10 Å². The van der Waals surface area contributed by atoms with Gasteiger partial charge in [-0.15, -0.1) is 0 Å². The minimum atomic E-state index is -0.128. The van der Waals surface area contributed by atoms with Crippen molar-refractivity contribution in [2.75, 3.05) is 25.9 Å². The van der Waals surface area contributed by atoms with E-state index in [9.17, 15) is 9.59 Å². The Morgan fingerprint density at radius 3 is 2.67 bits per heavy atom. The van der Waals surface area contributed by atoms with Crippen LogP contribution in [0.2, 0.25) is 0 Å². The molecule has 0 aliphatic carbocycles. The topological polar surface area (TPSA) is 104 Å². The number of hydrogen-bond donors (Lipinski definition) is 3. The van der Waals surface area contributed by atoms with Crippen molar-refractivity contribution in [1.29, 1.82) is 0 Å². The van der Waals surface area contributed by atoms with Crippen LogP contribution in [0, 0.1) is 5.92 Å². The van der Waals surface area contributed by atoms with Crippen LogP contribution >= 0.6 is 0 Å². The van der Waals surface area contributed by atoms with E-state index in [0.717, 1.165) is 0 Å². The Morgan fingerprint density at radius 2 is 2.17 bits per heavy atom. The van der Waals surface area contributed by atoms with Crippen LogP contribution in [0.1, 0.15) is 23.2 Å². The fraction of sp³-hybridized carbons (Fsp3) is 0.545. The molecule has 2 amide bonds. The van der Waals surface area contributed by atoms with Crippen LogP contribution in [0.4, 0.5) is 5.82 Å². The summed E-state index contributed by atoms with van der Waals surface area (Å²) >= 11 is 0.